The maximum absolute atomic E-state index is 8.91. The summed E-state index contributed by atoms with van der Waals surface area (Å²) in [6.45, 7) is 6.16. The lowest BCUT2D eigenvalue weighted by atomic mass is 9.88. The van der Waals surface area contributed by atoms with Crippen molar-refractivity contribution in [3.8, 4) is 0 Å². The van der Waals surface area contributed by atoms with Crippen molar-refractivity contribution < 1.29 is 5.11 Å². The summed E-state index contributed by atoms with van der Waals surface area (Å²) < 4.78 is 0. The van der Waals surface area contributed by atoms with Crippen LogP contribution in [0.1, 0.15) is 40.0 Å². The molecule has 0 amide bonds. The van der Waals surface area contributed by atoms with Gasteiger partial charge in [0, 0.05) is 12.3 Å². The first-order chi connectivity index (χ1) is 4.98. The summed E-state index contributed by atoms with van der Waals surface area (Å²) in [5, 5.41) is 16.1. The van der Waals surface area contributed by atoms with Crippen molar-refractivity contribution in [1.29, 1.82) is 5.41 Å². The van der Waals surface area contributed by atoms with E-state index >= 15 is 0 Å². The average molecular weight is 157 g/mol. The van der Waals surface area contributed by atoms with Crippen LogP contribution in [0.2, 0.25) is 0 Å². The minimum absolute atomic E-state index is 0.0372. The Morgan fingerprint density at radius 1 is 1.45 bits per heavy atom. The fraction of sp³-hybridized carbons (Fsp3) is 0.889. The molecule has 0 saturated heterocycles. The summed E-state index contributed by atoms with van der Waals surface area (Å²) in [5.74, 6) is 0. The third kappa shape index (κ3) is 6.05. The molecule has 0 heterocycles. The number of hydrogen-bond donors (Lipinski definition) is 2. The predicted molar refractivity (Wildman–Crippen MR) is 48.1 cm³/mol. The molecule has 0 bridgehead atoms. The molecule has 0 fully saturated rings. The van der Waals surface area contributed by atoms with Crippen LogP contribution in [-0.2, 0) is 0 Å². The Balaban J connectivity index is 3.45. The van der Waals surface area contributed by atoms with Gasteiger partial charge in [0.2, 0.25) is 0 Å². The highest BCUT2D eigenvalue weighted by Crippen LogP contribution is 2.21. The summed E-state index contributed by atoms with van der Waals surface area (Å²) in [4.78, 5) is 0. The minimum Gasteiger partial charge on any atom is -0.396 e. The van der Waals surface area contributed by atoms with Gasteiger partial charge in [-0.25, -0.2) is 0 Å². The topological polar surface area (TPSA) is 44.1 Å². The van der Waals surface area contributed by atoms with Gasteiger partial charge in [-0.15, -0.1) is 0 Å². The average Bonchev–Trinajstić information content (AvgIpc) is 1.87. The molecule has 0 unspecified atom stereocenters. The molecule has 0 aromatic heterocycles. The van der Waals surface area contributed by atoms with E-state index in [1.807, 2.05) is 20.8 Å². The molecular formula is C9H19NO. The molecule has 0 aliphatic heterocycles. The lowest BCUT2D eigenvalue weighted by molar-refractivity contribution is 0.148. The maximum atomic E-state index is 8.91. The van der Waals surface area contributed by atoms with Gasteiger partial charge in [-0.2, -0.15) is 0 Å². The molecule has 0 saturated carbocycles. The fourth-order valence-electron chi connectivity index (χ4n) is 0.911. The van der Waals surface area contributed by atoms with Crippen LogP contribution >= 0.6 is 0 Å². The molecule has 0 aromatic carbocycles. The van der Waals surface area contributed by atoms with Gasteiger partial charge in [0.1, 0.15) is 0 Å². The van der Waals surface area contributed by atoms with E-state index < -0.39 is 0 Å². The highest BCUT2D eigenvalue weighted by Gasteiger charge is 2.15. The second kappa shape index (κ2) is 4.50. The van der Waals surface area contributed by atoms with Crippen molar-refractivity contribution in [2.24, 2.45) is 5.41 Å². The molecule has 0 aromatic rings. The van der Waals surface area contributed by atoms with Crippen LogP contribution in [0.15, 0.2) is 0 Å². The highest BCUT2D eigenvalue weighted by molar-refractivity contribution is 5.78. The largest absolute Gasteiger partial charge is 0.396 e. The molecule has 66 valence electrons. The van der Waals surface area contributed by atoms with Crippen LogP contribution in [0, 0.1) is 10.8 Å². The standard InChI is InChI=1S/C9H19NO/c1-8(10)5-4-6-9(2,3)7-11/h10-11H,4-7H2,1-3H3. The second-order valence-corrected chi connectivity index (χ2v) is 3.96. The number of hydrogen-bond acceptors (Lipinski definition) is 2. The molecule has 0 aliphatic rings. The van der Waals surface area contributed by atoms with Gasteiger partial charge in [0.15, 0.2) is 0 Å². The van der Waals surface area contributed by atoms with Gasteiger partial charge in [0.25, 0.3) is 0 Å². The summed E-state index contributed by atoms with van der Waals surface area (Å²) in [7, 11) is 0. The Kier molecular flexibility index (Phi) is 4.34. The van der Waals surface area contributed by atoms with Crippen LogP contribution in [0.25, 0.3) is 0 Å². The van der Waals surface area contributed by atoms with E-state index in [2.05, 4.69) is 0 Å². The van der Waals surface area contributed by atoms with Crippen molar-refractivity contribution in [3.05, 3.63) is 0 Å². The Bertz CT molecular complexity index is 130. The van der Waals surface area contributed by atoms with Crippen molar-refractivity contribution in [2.45, 2.75) is 40.0 Å². The molecule has 2 heteroatoms. The van der Waals surface area contributed by atoms with E-state index in [9.17, 15) is 0 Å². The zero-order valence-electron chi connectivity index (χ0n) is 7.78. The zero-order valence-corrected chi connectivity index (χ0v) is 7.78. The summed E-state index contributed by atoms with van der Waals surface area (Å²) in [6.07, 6.45) is 2.88. The molecule has 0 atom stereocenters. The second-order valence-electron chi connectivity index (χ2n) is 3.96. The van der Waals surface area contributed by atoms with E-state index in [-0.39, 0.29) is 12.0 Å². The van der Waals surface area contributed by atoms with E-state index in [0.717, 1.165) is 25.0 Å². The van der Waals surface area contributed by atoms with E-state index in [1.54, 1.807) is 0 Å². The molecule has 0 rings (SSSR count). The summed E-state index contributed by atoms with van der Waals surface area (Å²) in [6, 6.07) is 0. The van der Waals surface area contributed by atoms with Gasteiger partial charge >= 0.3 is 0 Å². The first-order valence-corrected chi connectivity index (χ1v) is 4.13. The van der Waals surface area contributed by atoms with Crippen LogP contribution in [0.4, 0.5) is 0 Å². The van der Waals surface area contributed by atoms with E-state index in [4.69, 9.17) is 10.5 Å². The van der Waals surface area contributed by atoms with Gasteiger partial charge in [-0.1, -0.05) is 13.8 Å². The molecule has 0 spiro atoms. The van der Waals surface area contributed by atoms with E-state index in [1.165, 1.54) is 0 Å². The number of rotatable bonds is 5. The van der Waals surface area contributed by atoms with Crippen LogP contribution in [0.3, 0.4) is 0 Å². The Morgan fingerprint density at radius 2 is 2.00 bits per heavy atom. The normalized spacial score (nSPS) is 11.6. The Morgan fingerprint density at radius 3 is 2.36 bits per heavy atom. The SMILES string of the molecule is CC(=N)CCCC(C)(C)CO. The van der Waals surface area contributed by atoms with Gasteiger partial charge in [0.05, 0.1) is 0 Å². The highest BCUT2D eigenvalue weighted by atomic mass is 16.3. The first-order valence-electron chi connectivity index (χ1n) is 4.13. The molecule has 0 radical (unpaired) electrons. The van der Waals surface area contributed by atoms with Gasteiger partial charge < -0.3 is 10.5 Å². The van der Waals surface area contributed by atoms with Crippen LogP contribution in [0.5, 0.6) is 0 Å². The van der Waals surface area contributed by atoms with Gasteiger partial charge in [-0.3, -0.25) is 0 Å². The van der Waals surface area contributed by atoms with Crippen molar-refractivity contribution >= 4 is 5.71 Å². The third-order valence-electron chi connectivity index (χ3n) is 1.83. The summed E-state index contributed by atoms with van der Waals surface area (Å²) in [5.41, 5.74) is 0.772. The van der Waals surface area contributed by atoms with Crippen LogP contribution < -0.4 is 0 Å². The molecule has 11 heavy (non-hydrogen) atoms. The summed E-state index contributed by atoms with van der Waals surface area (Å²) >= 11 is 0. The monoisotopic (exact) mass is 157 g/mol. The first kappa shape index (κ1) is 10.6. The zero-order chi connectivity index (χ0) is 8.91. The number of aliphatic hydroxyl groups is 1. The van der Waals surface area contributed by atoms with Crippen LogP contribution in [-0.4, -0.2) is 17.4 Å². The van der Waals surface area contributed by atoms with Crippen molar-refractivity contribution in [1.82, 2.24) is 0 Å². The molecule has 2 nitrogen and oxygen atoms in total. The quantitative estimate of drug-likeness (QED) is 0.590. The Hall–Kier alpha value is -0.370. The lowest BCUT2D eigenvalue weighted by Gasteiger charge is -2.20. The number of nitrogens with one attached hydrogen (secondary N) is 1. The molecular weight excluding hydrogens is 138 g/mol. The molecule has 2 N–H and O–H groups in total. The maximum Gasteiger partial charge on any atom is 0.0482 e. The van der Waals surface area contributed by atoms with Gasteiger partial charge in [-0.05, 0) is 31.6 Å². The third-order valence-corrected chi connectivity index (χ3v) is 1.83. The fourth-order valence-corrected chi connectivity index (χ4v) is 0.911. The minimum atomic E-state index is 0.0372. The smallest absolute Gasteiger partial charge is 0.0482 e. The van der Waals surface area contributed by atoms with Crippen molar-refractivity contribution in [3.63, 3.8) is 0 Å². The predicted octanol–water partition coefficient (Wildman–Crippen LogP) is 2.21. The lowest BCUT2D eigenvalue weighted by Crippen LogP contribution is -2.16. The van der Waals surface area contributed by atoms with Crippen molar-refractivity contribution in [2.75, 3.05) is 6.61 Å². The Labute approximate surface area is 69.1 Å². The molecule has 0 aliphatic carbocycles. The number of aliphatic hydroxyl groups excluding tert-OH is 1. The van der Waals surface area contributed by atoms with E-state index in [0.29, 0.717) is 0 Å².